The van der Waals surface area contributed by atoms with Gasteiger partial charge in [0.2, 0.25) is 11.8 Å². The van der Waals surface area contributed by atoms with Crippen LogP contribution < -0.4 is 15.5 Å². The average Bonchev–Trinajstić information content (AvgIpc) is 3.49. The van der Waals surface area contributed by atoms with Gasteiger partial charge in [0.1, 0.15) is 11.6 Å². The van der Waals surface area contributed by atoms with Gasteiger partial charge in [0.15, 0.2) is 6.17 Å². The van der Waals surface area contributed by atoms with Crippen LogP contribution in [0.3, 0.4) is 0 Å². The largest absolute Gasteiger partial charge is 0.416 e. The van der Waals surface area contributed by atoms with Crippen molar-refractivity contribution >= 4 is 30.1 Å². The van der Waals surface area contributed by atoms with Gasteiger partial charge in [-0.1, -0.05) is 73.5 Å². The maximum Gasteiger partial charge on any atom is 0.416 e. The first kappa shape index (κ1) is 32.4. The highest BCUT2D eigenvalue weighted by Gasteiger charge is 2.44. The van der Waals surface area contributed by atoms with Gasteiger partial charge in [-0.25, -0.2) is 0 Å². The zero-order valence-electron chi connectivity index (χ0n) is 24.3. The molecule has 0 spiro atoms. The van der Waals surface area contributed by atoms with E-state index in [1.165, 1.54) is 24.1 Å². The molecule has 232 valence electrons. The van der Waals surface area contributed by atoms with Crippen molar-refractivity contribution in [2.45, 2.75) is 62.5 Å². The molecular weight excluding hydrogens is 573 g/mol. The van der Waals surface area contributed by atoms with Crippen molar-refractivity contribution in [3.05, 3.63) is 101 Å². The third-order valence-corrected chi connectivity index (χ3v) is 7.87. The number of halogens is 3. The maximum absolute atomic E-state index is 13.6. The molecule has 0 aromatic heterocycles. The Morgan fingerprint density at radius 2 is 1.57 bits per heavy atom. The molecule has 0 saturated heterocycles. The number of nitrogens with one attached hydrogen (secondary N) is 2. The number of hydrogen-bond donors (Lipinski definition) is 3. The number of likely N-dealkylation sites (N-methyl/N-ethyl adjacent to an activating group) is 1. The monoisotopic (exact) mass is 608 g/mol. The van der Waals surface area contributed by atoms with Gasteiger partial charge < -0.3 is 20.6 Å². The molecule has 0 aliphatic heterocycles. The fraction of sp³-hybridized carbons (Fsp3) is 0.333. The fourth-order valence-corrected chi connectivity index (χ4v) is 5.41. The minimum Gasteiger partial charge on any atom is -0.383 e. The highest BCUT2D eigenvalue weighted by molar-refractivity contribution is 6.01. The molecule has 0 radical (unpaired) electrons. The Balaban J connectivity index is 1.45. The van der Waals surface area contributed by atoms with Gasteiger partial charge in [0, 0.05) is 19.2 Å². The minimum absolute atomic E-state index is 0.0797. The van der Waals surface area contributed by atoms with Crippen LogP contribution in [-0.4, -0.2) is 54.4 Å². The van der Waals surface area contributed by atoms with Crippen molar-refractivity contribution in [2.24, 2.45) is 4.99 Å². The van der Waals surface area contributed by atoms with Crippen LogP contribution in [0, 0.1) is 0 Å². The lowest BCUT2D eigenvalue weighted by molar-refractivity contribution is -0.138. The number of rotatable bonds is 11. The Kier molecular flexibility index (Phi) is 10.2. The molecule has 0 bridgehead atoms. The van der Waals surface area contributed by atoms with E-state index >= 15 is 0 Å². The number of nitrogens with zero attached hydrogens (tertiary/aromatic N) is 2. The van der Waals surface area contributed by atoms with E-state index in [-0.39, 0.29) is 12.8 Å². The van der Waals surface area contributed by atoms with Crippen LogP contribution in [0.4, 0.5) is 18.9 Å². The molecule has 1 aliphatic carbocycles. The predicted molar refractivity (Wildman–Crippen MR) is 161 cm³/mol. The number of carbonyl (C=O) groups excluding carboxylic acids is 3. The topological polar surface area (TPSA) is 111 Å². The van der Waals surface area contributed by atoms with Crippen molar-refractivity contribution in [3.63, 3.8) is 0 Å². The summed E-state index contributed by atoms with van der Waals surface area (Å²) in [6.07, 6.45) is -4.87. The van der Waals surface area contributed by atoms with Crippen molar-refractivity contribution < 1.29 is 32.7 Å². The first-order valence-corrected chi connectivity index (χ1v) is 14.3. The van der Waals surface area contributed by atoms with E-state index in [4.69, 9.17) is 0 Å². The zero-order valence-corrected chi connectivity index (χ0v) is 24.3. The summed E-state index contributed by atoms with van der Waals surface area (Å²) in [5.74, 6) is -1.89. The Morgan fingerprint density at radius 3 is 2.18 bits per heavy atom. The number of aliphatic imine (C=N–C) groups is 1. The lowest BCUT2D eigenvalue weighted by Gasteiger charge is -2.32. The molecule has 3 aromatic carbocycles. The van der Waals surface area contributed by atoms with E-state index in [0.717, 1.165) is 17.7 Å². The smallest absolute Gasteiger partial charge is 0.383 e. The standard InChI is InChI=1S/C33H35F3N4O4/c1-37-28(38-31(44)32(18-8-9-19-32)39-29(42)27(41)21-22-10-4-3-5-11-22)30(43)40(2)26-13-7-6-12-24(26)20-23-14-16-25(17-15-23)33(34,35)36/h3-7,10-17,27-28,41H,1,8-9,18-21H2,2H3,(H,38,44)(H,39,42)/t27-,28?/m0/s1. The molecule has 1 saturated carbocycles. The van der Waals surface area contributed by atoms with E-state index in [0.29, 0.717) is 42.5 Å². The molecule has 3 amide bonds. The van der Waals surface area contributed by atoms with Crippen LogP contribution in [0.2, 0.25) is 0 Å². The van der Waals surface area contributed by atoms with Crippen molar-refractivity contribution in [1.29, 1.82) is 0 Å². The van der Waals surface area contributed by atoms with E-state index < -0.39 is 47.3 Å². The lowest BCUT2D eigenvalue weighted by atomic mass is 9.95. The number of aliphatic hydroxyl groups is 1. The molecule has 8 nitrogen and oxygen atoms in total. The fourth-order valence-electron chi connectivity index (χ4n) is 5.41. The van der Waals surface area contributed by atoms with E-state index in [2.05, 4.69) is 22.3 Å². The van der Waals surface area contributed by atoms with Gasteiger partial charge in [-0.3, -0.25) is 19.4 Å². The highest BCUT2D eigenvalue weighted by Crippen LogP contribution is 2.32. The second kappa shape index (κ2) is 13.9. The summed E-state index contributed by atoms with van der Waals surface area (Å²) in [5, 5.41) is 15.9. The molecule has 3 N–H and O–H groups in total. The van der Waals surface area contributed by atoms with Gasteiger partial charge in [-0.2, -0.15) is 13.2 Å². The molecule has 1 fully saturated rings. The van der Waals surface area contributed by atoms with Gasteiger partial charge in [0.05, 0.1) is 5.56 Å². The summed E-state index contributed by atoms with van der Waals surface area (Å²) in [7, 11) is 1.51. The predicted octanol–water partition coefficient (Wildman–Crippen LogP) is 4.43. The number of amides is 3. The molecule has 1 unspecified atom stereocenters. The summed E-state index contributed by atoms with van der Waals surface area (Å²) in [6, 6.07) is 20.7. The normalized spacial score (nSPS) is 15.6. The number of benzene rings is 3. The lowest BCUT2D eigenvalue weighted by Crippen LogP contribution is -2.61. The number of aliphatic hydroxyl groups excluding tert-OH is 1. The van der Waals surface area contributed by atoms with Gasteiger partial charge in [-0.05, 0) is 60.9 Å². The van der Waals surface area contributed by atoms with Crippen LogP contribution in [0.25, 0.3) is 0 Å². The highest BCUT2D eigenvalue weighted by atomic mass is 19.4. The summed E-state index contributed by atoms with van der Waals surface area (Å²) in [5.41, 5.74) is 0.461. The molecule has 44 heavy (non-hydrogen) atoms. The van der Waals surface area contributed by atoms with Crippen molar-refractivity contribution in [1.82, 2.24) is 10.6 Å². The Labute approximate surface area is 254 Å². The van der Waals surface area contributed by atoms with E-state index in [9.17, 15) is 32.7 Å². The number of carbonyl (C=O) groups is 3. The molecule has 11 heteroatoms. The summed E-state index contributed by atoms with van der Waals surface area (Å²) in [4.78, 5) is 45.2. The Morgan fingerprint density at radius 1 is 0.955 bits per heavy atom. The van der Waals surface area contributed by atoms with Crippen LogP contribution in [0.1, 0.15) is 47.9 Å². The molecule has 3 aromatic rings. The molecule has 4 rings (SSSR count). The first-order valence-electron chi connectivity index (χ1n) is 14.3. The number of alkyl halides is 3. The van der Waals surface area contributed by atoms with Crippen LogP contribution >= 0.6 is 0 Å². The van der Waals surface area contributed by atoms with Crippen LogP contribution in [0.15, 0.2) is 83.9 Å². The second-order valence-electron chi connectivity index (χ2n) is 10.9. The Bertz CT molecular complexity index is 1470. The first-order chi connectivity index (χ1) is 20.9. The molecule has 0 heterocycles. The SMILES string of the molecule is C=NC(NC(=O)C1(NC(=O)[C@@H](O)Cc2ccccc2)CCCC1)C(=O)N(C)c1ccccc1Cc1ccc(C(F)(F)F)cc1. The average molecular weight is 609 g/mol. The van der Waals surface area contributed by atoms with E-state index in [1.54, 1.807) is 48.5 Å². The van der Waals surface area contributed by atoms with Crippen LogP contribution in [-0.2, 0) is 33.4 Å². The quantitative estimate of drug-likeness (QED) is 0.280. The summed E-state index contributed by atoms with van der Waals surface area (Å²) < 4.78 is 39.0. The molecule has 2 atom stereocenters. The zero-order chi connectivity index (χ0) is 31.9. The van der Waals surface area contributed by atoms with Crippen molar-refractivity contribution in [3.8, 4) is 0 Å². The molecular formula is C33H35F3N4O4. The van der Waals surface area contributed by atoms with Crippen molar-refractivity contribution in [2.75, 3.05) is 11.9 Å². The third kappa shape index (κ3) is 7.71. The minimum atomic E-state index is -4.44. The molecule has 1 aliphatic rings. The number of para-hydroxylation sites is 1. The van der Waals surface area contributed by atoms with Crippen LogP contribution in [0.5, 0.6) is 0 Å². The number of anilines is 1. The van der Waals surface area contributed by atoms with Gasteiger partial charge in [-0.15, -0.1) is 0 Å². The summed E-state index contributed by atoms with van der Waals surface area (Å²) in [6.45, 7) is 3.48. The third-order valence-electron chi connectivity index (χ3n) is 7.87. The van der Waals surface area contributed by atoms with Gasteiger partial charge >= 0.3 is 6.18 Å². The van der Waals surface area contributed by atoms with E-state index in [1.807, 2.05) is 6.07 Å². The van der Waals surface area contributed by atoms with Gasteiger partial charge in [0.25, 0.3) is 5.91 Å². The maximum atomic E-state index is 13.6. The number of hydrogen-bond acceptors (Lipinski definition) is 5. The Hall–Kier alpha value is -4.51. The second-order valence-corrected chi connectivity index (χ2v) is 10.9. The summed E-state index contributed by atoms with van der Waals surface area (Å²) >= 11 is 0.